The monoisotopic (exact) mass is 886 g/mol. The standard InChI is InChI=1S/C68H42N2/c1-3-19-49-45(15-1)47-17-5-7-21-51(47)61-37-43(33-35-54(49)61)59-39-63-60(41-29-31-42(32-30-41)67-57-25-11-13-27-64(57)69-65-28-14-12-26-58(65)67)40-66(70-68(63)56-24-10-9-23-53(56)59)44-34-36-55-50-20-4-2-16-46(50)48-18-6-8-22-52(48)62(55)38-44/h1-40,66,70H. The van der Waals surface area contributed by atoms with Crippen LogP contribution in [0.4, 0.5) is 5.69 Å². The van der Waals surface area contributed by atoms with Gasteiger partial charge in [0.15, 0.2) is 0 Å². The van der Waals surface area contributed by atoms with Crippen LogP contribution >= 0.6 is 0 Å². The lowest BCUT2D eigenvalue weighted by molar-refractivity contribution is 0.979. The van der Waals surface area contributed by atoms with Crippen molar-refractivity contribution >= 4 is 108 Å². The molecule has 0 radical (unpaired) electrons. The van der Waals surface area contributed by atoms with Gasteiger partial charge in [-0.05, 0) is 140 Å². The maximum Gasteiger partial charge on any atom is 0.0715 e. The highest BCUT2D eigenvalue weighted by molar-refractivity contribution is 6.27. The molecule has 1 aliphatic rings. The van der Waals surface area contributed by atoms with Crippen molar-refractivity contribution in [2.24, 2.45) is 0 Å². The van der Waals surface area contributed by atoms with Crippen LogP contribution < -0.4 is 5.32 Å². The summed E-state index contributed by atoms with van der Waals surface area (Å²) in [6.45, 7) is 0. The van der Waals surface area contributed by atoms with Crippen molar-refractivity contribution < 1.29 is 0 Å². The number of aromatic nitrogens is 1. The van der Waals surface area contributed by atoms with Crippen LogP contribution in [0.25, 0.3) is 125 Å². The molecule has 1 aromatic heterocycles. The minimum atomic E-state index is -0.0977. The number of nitrogens with zero attached hydrogens (tertiary/aromatic N) is 1. The van der Waals surface area contributed by atoms with Crippen LogP contribution in [0.5, 0.6) is 0 Å². The summed E-state index contributed by atoms with van der Waals surface area (Å²) in [5.41, 5.74) is 12.8. The zero-order valence-electron chi connectivity index (χ0n) is 38.1. The second-order valence-electron chi connectivity index (χ2n) is 18.9. The molecular weight excluding hydrogens is 845 g/mol. The van der Waals surface area contributed by atoms with Crippen LogP contribution in [-0.4, -0.2) is 4.98 Å². The molecule has 0 spiro atoms. The molecular formula is C68H42N2. The van der Waals surface area contributed by atoms with E-state index in [9.17, 15) is 0 Å². The normalized spacial score (nSPS) is 13.8. The Bertz CT molecular complexity index is 4440. The van der Waals surface area contributed by atoms with Crippen LogP contribution in [0.2, 0.25) is 0 Å². The minimum Gasteiger partial charge on any atom is -0.374 e. The van der Waals surface area contributed by atoms with E-state index in [-0.39, 0.29) is 6.04 Å². The highest BCUT2D eigenvalue weighted by Crippen LogP contribution is 2.48. The molecule has 70 heavy (non-hydrogen) atoms. The number of para-hydroxylation sites is 2. The van der Waals surface area contributed by atoms with Gasteiger partial charge in [-0.2, -0.15) is 0 Å². The lowest BCUT2D eigenvalue weighted by Gasteiger charge is -2.30. The third kappa shape index (κ3) is 5.84. The molecule has 0 amide bonds. The summed E-state index contributed by atoms with van der Waals surface area (Å²) in [6, 6.07) is 87.3. The van der Waals surface area contributed by atoms with E-state index in [1.807, 2.05) is 0 Å². The number of fused-ring (bicyclic) bond motifs is 17. The van der Waals surface area contributed by atoms with Crippen molar-refractivity contribution in [3.63, 3.8) is 0 Å². The summed E-state index contributed by atoms with van der Waals surface area (Å²) in [5.74, 6) is 0. The molecule has 1 atom stereocenters. The fourth-order valence-corrected chi connectivity index (χ4v) is 12.0. The van der Waals surface area contributed by atoms with Crippen molar-refractivity contribution in [2.45, 2.75) is 6.04 Å². The number of hydrogen-bond acceptors (Lipinski definition) is 2. The first kappa shape index (κ1) is 38.9. The predicted octanol–water partition coefficient (Wildman–Crippen LogP) is 18.4. The summed E-state index contributed by atoms with van der Waals surface area (Å²) in [6.07, 6.45) is 2.47. The molecule has 1 unspecified atom stereocenters. The van der Waals surface area contributed by atoms with Crippen molar-refractivity contribution in [3.05, 3.63) is 259 Å². The van der Waals surface area contributed by atoms with Gasteiger partial charge < -0.3 is 5.32 Å². The lowest BCUT2D eigenvalue weighted by Crippen LogP contribution is -2.16. The average Bonchev–Trinajstić information content (AvgIpc) is 3.44. The Morgan fingerprint density at radius 3 is 1.23 bits per heavy atom. The van der Waals surface area contributed by atoms with Gasteiger partial charge in [0.05, 0.1) is 22.8 Å². The molecule has 0 aliphatic carbocycles. The Balaban J connectivity index is 0.958. The third-order valence-electron chi connectivity index (χ3n) is 15.2. The van der Waals surface area contributed by atoms with Crippen LogP contribution in [0.1, 0.15) is 22.7 Å². The molecule has 324 valence electrons. The van der Waals surface area contributed by atoms with Crippen LogP contribution in [0.3, 0.4) is 0 Å². The summed E-state index contributed by atoms with van der Waals surface area (Å²) in [7, 11) is 0. The van der Waals surface area contributed by atoms with Gasteiger partial charge in [-0.3, -0.25) is 0 Å². The van der Waals surface area contributed by atoms with E-state index in [2.05, 4.69) is 248 Å². The Labute approximate surface area is 404 Å². The van der Waals surface area contributed by atoms with Gasteiger partial charge in [0.25, 0.3) is 0 Å². The number of anilines is 1. The minimum absolute atomic E-state index is 0.0977. The quantitative estimate of drug-likeness (QED) is 0.141. The summed E-state index contributed by atoms with van der Waals surface area (Å²) >= 11 is 0. The van der Waals surface area contributed by atoms with E-state index in [4.69, 9.17) is 4.98 Å². The van der Waals surface area contributed by atoms with Gasteiger partial charge in [-0.15, -0.1) is 0 Å². The fraction of sp³-hybridized carbons (Fsp3) is 0.0147. The third-order valence-corrected chi connectivity index (χ3v) is 15.2. The fourth-order valence-electron chi connectivity index (χ4n) is 12.0. The number of hydrogen-bond donors (Lipinski definition) is 1. The van der Waals surface area contributed by atoms with E-state index in [0.29, 0.717) is 0 Å². The molecule has 15 rings (SSSR count). The Morgan fingerprint density at radius 2 is 0.686 bits per heavy atom. The Kier molecular flexibility index (Phi) is 8.46. The molecule has 0 saturated heterocycles. The number of rotatable bonds is 4. The van der Waals surface area contributed by atoms with Gasteiger partial charge in [-0.1, -0.05) is 206 Å². The second kappa shape index (κ2) is 15.2. The van der Waals surface area contributed by atoms with Crippen LogP contribution in [0.15, 0.2) is 243 Å². The Hall–Kier alpha value is -9.11. The van der Waals surface area contributed by atoms with E-state index < -0.39 is 0 Å². The van der Waals surface area contributed by atoms with E-state index in [0.717, 1.165) is 27.5 Å². The smallest absolute Gasteiger partial charge is 0.0715 e. The highest BCUT2D eigenvalue weighted by atomic mass is 14.9. The molecule has 0 saturated carbocycles. The zero-order valence-corrected chi connectivity index (χ0v) is 38.1. The van der Waals surface area contributed by atoms with Crippen molar-refractivity contribution in [1.29, 1.82) is 0 Å². The molecule has 2 heteroatoms. The van der Waals surface area contributed by atoms with Gasteiger partial charge in [0.1, 0.15) is 0 Å². The lowest BCUT2D eigenvalue weighted by atomic mass is 9.83. The molecule has 0 bridgehead atoms. The number of nitrogens with one attached hydrogen (secondary N) is 1. The Morgan fingerprint density at radius 1 is 0.286 bits per heavy atom. The maximum atomic E-state index is 5.05. The molecule has 1 aliphatic heterocycles. The van der Waals surface area contributed by atoms with Crippen molar-refractivity contribution in [1.82, 2.24) is 4.98 Å². The van der Waals surface area contributed by atoms with Gasteiger partial charge in [0.2, 0.25) is 0 Å². The molecule has 2 nitrogen and oxygen atoms in total. The van der Waals surface area contributed by atoms with Gasteiger partial charge in [-0.25, -0.2) is 4.98 Å². The topological polar surface area (TPSA) is 24.9 Å². The summed E-state index contributed by atoms with van der Waals surface area (Å²) < 4.78 is 0. The highest BCUT2D eigenvalue weighted by Gasteiger charge is 2.26. The van der Waals surface area contributed by atoms with Crippen LogP contribution in [-0.2, 0) is 0 Å². The van der Waals surface area contributed by atoms with Crippen LogP contribution in [0, 0.1) is 0 Å². The van der Waals surface area contributed by atoms with E-state index >= 15 is 0 Å². The van der Waals surface area contributed by atoms with E-state index in [1.54, 1.807) is 0 Å². The molecule has 14 aromatic rings. The predicted molar refractivity (Wildman–Crippen MR) is 299 cm³/mol. The maximum absolute atomic E-state index is 5.05. The van der Waals surface area contributed by atoms with Crippen molar-refractivity contribution in [3.8, 4) is 22.3 Å². The molecule has 13 aromatic carbocycles. The largest absolute Gasteiger partial charge is 0.374 e. The van der Waals surface area contributed by atoms with Gasteiger partial charge >= 0.3 is 0 Å². The molecule has 1 N–H and O–H groups in total. The van der Waals surface area contributed by atoms with E-state index in [1.165, 1.54) is 120 Å². The number of pyridine rings is 1. The molecule has 2 heterocycles. The zero-order chi connectivity index (χ0) is 45.9. The summed E-state index contributed by atoms with van der Waals surface area (Å²) in [5, 5.41) is 24.2. The number of benzene rings is 13. The first-order chi connectivity index (χ1) is 34.7. The molecule has 0 fully saturated rings. The SMILES string of the molecule is C1=C(c2ccc(-c3c4ccccc4nc4ccccc34)cc2)c2cc(-c3ccc4c5ccccc5c5ccccc5c4c3)c3ccccc3c2NC1c1ccc2c3ccccc3c3ccccc3c2c1. The average molecular weight is 887 g/mol. The summed E-state index contributed by atoms with van der Waals surface area (Å²) in [4.78, 5) is 5.05. The van der Waals surface area contributed by atoms with Crippen molar-refractivity contribution in [2.75, 3.05) is 5.32 Å². The van der Waals surface area contributed by atoms with Gasteiger partial charge in [0, 0.05) is 27.3 Å². The first-order valence-electron chi connectivity index (χ1n) is 24.3. The first-order valence-corrected chi connectivity index (χ1v) is 24.3. The second-order valence-corrected chi connectivity index (χ2v) is 18.9.